The van der Waals surface area contributed by atoms with E-state index in [0.29, 0.717) is 0 Å². The molecule has 11 rings (SSSR count). The summed E-state index contributed by atoms with van der Waals surface area (Å²) >= 11 is 3.76. The van der Waals surface area contributed by atoms with E-state index in [1.165, 1.54) is 90.2 Å². The van der Waals surface area contributed by atoms with Crippen molar-refractivity contribution >= 4 is 90.9 Å². The van der Waals surface area contributed by atoms with Gasteiger partial charge in [0.1, 0.15) is 0 Å². The third kappa shape index (κ3) is 5.43. The molecule has 0 fully saturated rings. The smallest absolute Gasteiger partial charge is 0.0640 e. The monoisotopic (exact) mass is 735 g/mol. The second kappa shape index (κ2) is 13.1. The van der Waals surface area contributed by atoms with Crippen LogP contribution >= 0.6 is 22.7 Å². The van der Waals surface area contributed by atoms with Gasteiger partial charge < -0.3 is 4.90 Å². The topological polar surface area (TPSA) is 3.24 Å². The number of rotatable bonds is 6. The molecule has 258 valence electrons. The van der Waals surface area contributed by atoms with E-state index in [1.807, 2.05) is 22.7 Å². The minimum atomic E-state index is 1.12. The number of anilines is 3. The third-order valence-corrected chi connectivity index (χ3v) is 13.3. The number of hydrogen-bond acceptors (Lipinski definition) is 3. The highest BCUT2D eigenvalue weighted by Crippen LogP contribution is 2.48. The predicted molar refractivity (Wildman–Crippen MR) is 241 cm³/mol. The molecule has 0 N–H and O–H groups in total. The van der Waals surface area contributed by atoms with Gasteiger partial charge in [0.2, 0.25) is 0 Å². The molecule has 2 heterocycles. The molecule has 0 aliphatic rings. The Morgan fingerprint density at radius 3 is 1.80 bits per heavy atom. The largest absolute Gasteiger partial charge is 0.309 e. The van der Waals surface area contributed by atoms with Crippen molar-refractivity contribution in [1.29, 1.82) is 0 Å². The Morgan fingerprint density at radius 1 is 0.309 bits per heavy atom. The Hall–Kier alpha value is -6.52. The van der Waals surface area contributed by atoms with E-state index in [9.17, 15) is 0 Å². The van der Waals surface area contributed by atoms with Gasteiger partial charge in [-0.15, -0.1) is 22.7 Å². The summed E-state index contributed by atoms with van der Waals surface area (Å²) in [6, 6.07) is 73.4. The molecule has 0 atom stereocenters. The average molecular weight is 736 g/mol. The molecule has 0 aliphatic carbocycles. The lowest BCUT2D eigenvalue weighted by Crippen LogP contribution is -2.10. The maximum atomic E-state index is 2.45. The Kier molecular flexibility index (Phi) is 7.61. The first kappa shape index (κ1) is 32.0. The van der Waals surface area contributed by atoms with Crippen LogP contribution in [0.15, 0.2) is 200 Å². The highest BCUT2D eigenvalue weighted by molar-refractivity contribution is 7.27. The molecule has 0 unspecified atom stereocenters. The predicted octanol–water partition coefficient (Wildman–Crippen LogP) is 16.0. The van der Waals surface area contributed by atoms with Crippen molar-refractivity contribution in [2.75, 3.05) is 4.90 Å². The van der Waals surface area contributed by atoms with Gasteiger partial charge in [-0.3, -0.25) is 0 Å². The van der Waals surface area contributed by atoms with Crippen molar-refractivity contribution in [1.82, 2.24) is 0 Å². The van der Waals surface area contributed by atoms with E-state index in [0.717, 1.165) is 11.4 Å². The molecule has 0 amide bonds. The second-order valence-electron chi connectivity index (χ2n) is 14.1. The molecule has 3 heteroatoms. The summed E-state index contributed by atoms with van der Waals surface area (Å²) in [5.41, 5.74) is 10.8. The first-order valence-electron chi connectivity index (χ1n) is 18.7. The maximum Gasteiger partial charge on any atom is 0.0640 e. The molecule has 0 saturated carbocycles. The van der Waals surface area contributed by atoms with E-state index in [4.69, 9.17) is 0 Å². The van der Waals surface area contributed by atoms with E-state index in [2.05, 4.69) is 205 Å². The SMILES string of the molecule is c1ccc(-c2cccc3c2sc2c(N(c4ccc(-c5cccc6ccccc56)cc4)c4cccc(-c5ccc6c(c5)sc5ccccc56)c4)cccc23)cc1. The van der Waals surface area contributed by atoms with Crippen LogP contribution in [0.5, 0.6) is 0 Å². The van der Waals surface area contributed by atoms with Gasteiger partial charge in [-0.05, 0) is 86.6 Å². The third-order valence-electron chi connectivity index (χ3n) is 10.9. The van der Waals surface area contributed by atoms with Gasteiger partial charge in [0, 0.05) is 47.0 Å². The fourth-order valence-corrected chi connectivity index (χ4v) is 10.7. The first-order chi connectivity index (χ1) is 27.3. The van der Waals surface area contributed by atoms with Gasteiger partial charge in [0.05, 0.1) is 10.4 Å². The number of hydrogen-bond donors (Lipinski definition) is 0. The summed E-state index contributed by atoms with van der Waals surface area (Å²) in [4.78, 5) is 2.45. The van der Waals surface area contributed by atoms with Crippen molar-refractivity contribution in [3.8, 4) is 33.4 Å². The first-order valence-corrected chi connectivity index (χ1v) is 20.3. The quantitative estimate of drug-likeness (QED) is 0.164. The van der Waals surface area contributed by atoms with Crippen LogP contribution in [-0.2, 0) is 0 Å². The lowest BCUT2D eigenvalue weighted by molar-refractivity contribution is 1.30. The minimum absolute atomic E-state index is 1.12. The molecule has 2 aromatic heterocycles. The number of fused-ring (bicyclic) bond motifs is 7. The molecule has 0 saturated heterocycles. The zero-order chi connectivity index (χ0) is 36.3. The van der Waals surface area contributed by atoms with Crippen molar-refractivity contribution in [2.24, 2.45) is 0 Å². The molecule has 0 spiro atoms. The van der Waals surface area contributed by atoms with Crippen LogP contribution in [0.2, 0.25) is 0 Å². The normalized spacial score (nSPS) is 11.6. The van der Waals surface area contributed by atoms with Gasteiger partial charge in [-0.1, -0.05) is 158 Å². The molecule has 0 bridgehead atoms. The molecule has 1 nitrogen and oxygen atoms in total. The summed E-state index contributed by atoms with van der Waals surface area (Å²) in [5, 5.41) is 7.73. The molecule has 0 aliphatic heterocycles. The fraction of sp³-hybridized carbons (Fsp3) is 0. The average Bonchev–Trinajstić information content (AvgIpc) is 3.83. The summed E-state index contributed by atoms with van der Waals surface area (Å²) < 4.78 is 5.23. The highest BCUT2D eigenvalue weighted by Gasteiger charge is 2.20. The van der Waals surface area contributed by atoms with E-state index >= 15 is 0 Å². The van der Waals surface area contributed by atoms with E-state index in [-0.39, 0.29) is 0 Å². The van der Waals surface area contributed by atoms with E-state index in [1.54, 1.807) is 0 Å². The maximum absolute atomic E-state index is 2.45. The number of thiophene rings is 2. The van der Waals surface area contributed by atoms with Crippen LogP contribution in [0.1, 0.15) is 0 Å². The standard InChI is InChI=1S/C52H33NS2/c1-2-12-35(13-3-1)43-21-10-22-46-47-23-11-24-48(52(47)55-51(43)46)53(39-29-26-36(27-30-39)42-20-9-15-34-14-4-5-18-41(34)42)40-17-8-16-37(32-40)38-28-31-45-44-19-6-7-25-49(44)54-50(45)33-38/h1-33H. The van der Waals surface area contributed by atoms with Crippen LogP contribution in [0.4, 0.5) is 17.1 Å². The van der Waals surface area contributed by atoms with Crippen LogP contribution in [0.25, 0.3) is 84.5 Å². The Labute approximate surface area is 327 Å². The van der Waals surface area contributed by atoms with Crippen LogP contribution in [-0.4, -0.2) is 0 Å². The van der Waals surface area contributed by atoms with Gasteiger partial charge in [-0.2, -0.15) is 0 Å². The number of nitrogens with zero attached hydrogens (tertiary/aromatic N) is 1. The van der Waals surface area contributed by atoms with Crippen LogP contribution < -0.4 is 4.90 Å². The van der Waals surface area contributed by atoms with Crippen LogP contribution in [0.3, 0.4) is 0 Å². The Bertz CT molecular complexity index is 3200. The number of benzene rings is 9. The van der Waals surface area contributed by atoms with Gasteiger partial charge in [-0.25, -0.2) is 0 Å². The van der Waals surface area contributed by atoms with Gasteiger partial charge >= 0.3 is 0 Å². The summed E-state index contributed by atoms with van der Waals surface area (Å²) in [7, 11) is 0. The second-order valence-corrected chi connectivity index (χ2v) is 16.2. The van der Waals surface area contributed by atoms with Crippen molar-refractivity contribution < 1.29 is 0 Å². The molecule has 55 heavy (non-hydrogen) atoms. The minimum Gasteiger partial charge on any atom is -0.309 e. The summed E-state index contributed by atoms with van der Waals surface area (Å²) in [6.07, 6.45) is 0. The van der Waals surface area contributed by atoms with E-state index < -0.39 is 0 Å². The molecule has 9 aromatic carbocycles. The lowest BCUT2D eigenvalue weighted by Gasteiger charge is -2.27. The fourth-order valence-electron chi connectivity index (χ4n) is 8.25. The molecule has 0 radical (unpaired) electrons. The Morgan fingerprint density at radius 2 is 0.909 bits per heavy atom. The summed E-state index contributed by atoms with van der Waals surface area (Å²) in [6.45, 7) is 0. The van der Waals surface area contributed by atoms with Crippen molar-refractivity contribution in [2.45, 2.75) is 0 Å². The van der Waals surface area contributed by atoms with Crippen molar-refractivity contribution in [3.63, 3.8) is 0 Å². The van der Waals surface area contributed by atoms with Crippen molar-refractivity contribution in [3.05, 3.63) is 200 Å². The summed E-state index contributed by atoms with van der Waals surface area (Å²) in [5.74, 6) is 0. The zero-order valence-corrected chi connectivity index (χ0v) is 31.4. The lowest BCUT2D eigenvalue weighted by atomic mass is 9.98. The molecular weight excluding hydrogens is 703 g/mol. The van der Waals surface area contributed by atoms with Gasteiger partial charge in [0.25, 0.3) is 0 Å². The molecule has 11 aromatic rings. The molecular formula is C52H33NS2. The Balaban J connectivity index is 1.09. The zero-order valence-electron chi connectivity index (χ0n) is 29.8. The van der Waals surface area contributed by atoms with Gasteiger partial charge in [0.15, 0.2) is 0 Å². The highest BCUT2D eigenvalue weighted by atomic mass is 32.1. The van der Waals surface area contributed by atoms with Crippen LogP contribution in [0, 0.1) is 0 Å².